The number of carboxylic acid groups (broad SMARTS) is 1. The molecule has 1 N–H and O–H groups in total. The van der Waals surface area contributed by atoms with Crippen LogP contribution in [-0.2, 0) is 9.84 Å². The fraction of sp³-hybridized carbons (Fsp3) is 0.500. The third kappa shape index (κ3) is 3.78. The first kappa shape index (κ1) is 12.9. The van der Waals surface area contributed by atoms with Gasteiger partial charge in [0.1, 0.15) is 14.7 Å². The number of aromatic nitrogens is 1. The first-order valence-electron chi connectivity index (χ1n) is 4.37. The summed E-state index contributed by atoms with van der Waals surface area (Å²) in [6.07, 6.45) is 2.42. The fourth-order valence-electron chi connectivity index (χ4n) is 0.939. The Morgan fingerprint density at radius 3 is 2.69 bits per heavy atom. The van der Waals surface area contributed by atoms with Gasteiger partial charge in [-0.05, 0) is 0 Å². The lowest BCUT2D eigenvalue weighted by Crippen LogP contribution is -2.24. The Hall–Kier alpha value is -1.15. The number of nitrogens with zero attached hydrogens (tertiary/aromatic N) is 2. The standard InChI is InChI=1S/C8H12N2O4S2/c1-10(3-4-16(2,13)14)8-9-5-6(15-8)7(11)12/h5H,3-4H2,1-2H3,(H,11,12). The summed E-state index contributed by atoms with van der Waals surface area (Å²) in [7, 11) is -1.34. The Morgan fingerprint density at radius 1 is 1.62 bits per heavy atom. The van der Waals surface area contributed by atoms with Gasteiger partial charge in [0.25, 0.3) is 0 Å². The van der Waals surface area contributed by atoms with Crippen LogP contribution >= 0.6 is 11.3 Å². The molecular weight excluding hydrogens is 252 g/mol. The monoisotopic (exact) mass is 264 g/mol. The van der Waals surface area contributed by atoms with Crippen molar-refractivity contribution in [1.29, 1.82) is 0 Å². The second-order valence-electron chi connectivity index (χ2n) is 3.36. The molecule has 16 heavy (non-hydrogen) atoms. The third-order valence-electron chi connectivity index (χ3n) is 1.83. The second kappa shape index (κ2) is 4.79. The first-order valence-corrected chi connectivity index (χ1v) is 7.25. The van der Waals surface area contributed by atoms with Crippen molar-refractivity contribution in [1.82, 2.24) is 4.98 Å². The van der Waals surface area contributed by atoms with Gasteiger partial charge in [0, 0.05) is 19.8 Å². The Morgan fingerprint density at radius 2 is 2.25 bits per heavy atom. The predicted octanol–water partition coefficient (Wildman–Crippen LogP) is 0.322. The highest BCUT2D eigenvalue weighted by atomic mass is 32.2. The van der Waals surface area contributed by atoms with E-state index in [0.29, 0.717) is 11.7 Å². The summed E-state index contributed by atoms with van der Waals surface area (Å²) in [4.78, 5) is 16.3. The summed E-state index contributed by atoms with van der Waals surface area (Å²) in [5.74, 6) is -1.01. The minimum absolute atomic E-state index is 0.0193. The number of hydrogen-bond donors (Lipinski definition) is 1. The molecule has 1 rings (SSSR count). The maximum absolute atomic E-state index is 10.9. The van der Waals surface area contributed by atoms with Crippen LogP contribution in [0.2, 0.25) is 0 Å². The van der Waals surface area contributed by atoms with Gasteiger partial charge in [-0.2, -0.15) is 0 Å². The van der Waals surface area contributed by atoms with Crippen LogP contribution in [0.15, 0.2) is 6.20 Å². The lowest BCUT2D eigenvalue weighted by atomic mass is 10.6. The van der Waals surface area contributed by atoms with E-state index in [-0.39, 0.29) is 10.6 Å². The van der Waals surface area contributed by atoms with Crippen LogP contribution < -0.4 is 4.90 Å². The summed E-state index contributed by atoms with van der Waals surface area (Å²) in [6, 6.07) is 0. The molecule has 0 aliphatic rings. The average Bonchev–Trinajstić information content (AvgIpc) is 2.61. The molecule has 0 unspecified atom stereocenters. The van der Waals surface area contributed by atoms with Crippen LogP contribution in [0.1, 0.15) is 9.67 Å². The minimum atomic E-state index is -3.02. The smallest absolute Gasteiger partial charge is 0.347 e. The molecule has 0 saturated heterocycles. The SMILES string of the molecule is CN(CCS(C)(=O)=O)c1ncc(C(=O)O)s1. The number of aromatic carboxylic acids is 1. The Kier molecular flexibility index (Phi) is 3.87. The van der Waals surface area contributed by atoms with E-state index in [9.17, 15) is 13.2 Å². The number of sulfone groups is 1. The zero-order chi connectivity index (χ0) is 12.3. The molecule has 0 radical (unpaired) electrons. The average molecular weight is 264 g/mol. The summed E-state index contributed by atoms with van der Waals surface area (Å²) < 4.78 is 21.9. The van der Waals surface area contributed by atoms with Crippen molar-refractivity contribution < 1.29 is 18.3 Å². The van der Waals surface area contributed by atoms with Crippen molar-refractivity contribution in [3.05, 3.63) is 11.1 Å². The van der Waals surface area contributed by atoms with Gasteiger partial charge in [0.05, 0.1) is 11.9 Å². The van der Waals surface area contributed by atoms with E-state index < -0.39 is 15.8 Å². The Bertz CT molecular complexity index is 480. The number of rotatable bonds is 5. The summed E-state index contributed by atoms with van der Waals surface area (Å²) in [6.45, 7) is 0.297. The number of carboxylic acids is 1. The molecule has 0 bridgehead atoms. The second-order valence-corrected chi connectivity index (χ2v) is 6.63. The van der Waals surface area contributed by atoms with Gasteiger partial charge >= 0.3 is 5.97 Å². The van der Waals surface area contributed by atoms with Crippen LogP contribution in [0.5, 0.6) is 0 Å². The predicted molar refractivity (Wildman–Crippen MR) is 62.1 cm³/mol. The zero-order valence-electron chi connectivity index (χ0n) is 8.87. The first-order chi connectivity index (χ1) is 7.29. The van der Waals surface area contributed by atoms with Crippen molar-refractivity contribution in [2.75, 3.05) is 30.5 Å². The normalized spacial score (nSPS) is 11.4. The Balaban J connectivity index is 2.66. The molecule has 1 heterocycles. The van der Waals surface area contributed by atoms with Gasteiger partial charge in [-0.25, -0.2) is 18.2 Å². The molecule has 0 fully saturated rings. The molecule has 0 atom stereocenters. The largest absolute Gasteiger partial charge is 0.477 e. The number of carbonyl (C=O) groups is 1. The van der Waals surface area contributed by atoms with Gasteiger partial charge in [-0.1, -0.05) is 11.3 Å². The molecule has 0 spiro atoms. The van der Waals surface area contributed by atoms with E-state index in [1.807, 2.05) is 0 Å². The van der Waals surface area contributed by atoms with Crippen LogP contribution in [0, 0.1) is 0 Å². The van der Waals surface area contributed by atoms with E-state index >= 15 is 0 Å². The van der Waals surface area contributed by atoms with Crippen LogP contribution in [0.3, 0.4) is 0 Å². The molecule has 0 aliphatic heterocycles. The van der Waals surface area contributed by atoms with E-state index in [4.69, 9.17) is 5.11 Å². The third-order valence-corrected chi connectivity index (χ3v) is 3.85. The van der Waals surface area contributed by atoms with Gasteiger partial charge in [0.2, 0.25) is 0 Å². The van der Waals surface area contributed by atoms with Crippen LogP contribution in [0.25, 0.3) is 0 Å². The van der Waals surface area contributed by atoms with Gasteiger partial charge in [-0.15, -0.1) is 0 Å². The van der Waals surface area contributed by atoms with Crippen molar-refractivity contribution in [2.24, 2.45) is 0 Å². The summed E-state index contributed by atoms with van der Waals surface area (Å²) >= 11 is 1.02. The number of anilines is 1. The van der Waals surface area contributed by atoms with Crippen LogP contribution in [0.4, 0.5) is 5.13 Å². The lowest BCUT2D eigenvalue weighted by molar-refractivity contribution is 0.0702. The van der Waals surface area contributed by atoms with E-state index in [2.05, 4.69) is 4.98 Å². The number of thiazole rings is 1. The van der Waals surface area contributed by atoms with E-state index in [1.165, 1.54) is 6.20 Å². The lowest BCUT2D eigenvalue weighted by Gasteiger charge is -2.14. The van der Waals surface area contributed by atoms with Crippen molar-refractivity contribution in [3.63, 3.8) is 0 Å². The van der Waals surface area contributed by atoms with Crippen molar-refractivity contribution in [3.8, 4) is 0 Å². The molecule has 0 aliphatic carbocycles. The molecule has 90 valence electrons. The van der Waals surface area contributed by atoms with Crippen molar-refractivity contribution in [2.45, 2.75) is 0 Å². The zero-order valence-corrected chi connectivity index (χ0v) is 10.5. The van der Waals surface area contributed by atoms with E-state index in [1.54, 1.807) is 11.9 Å². The molecule has 6 nitrogen and oxygen atoms in total. The molecule has 0 saturated carbocycles. The molecule has 8 heteroatoms. The molecular formula is C8H12N2O4S2. The van der Waals surface area contributed by atoms with Gasteiger partial charge < -0.3 is 10.0 Å². The molecule has 0 amide bonds. The maximum Gasteiger partial charge on any atom is 0.347 e. The topological polar surface area (TPSA) is 87.6 Å². The minimum Gasteiger partial charge on any atom is -0.477 e. The fourth-order valence-corrected chi connectivity index (χ4v) is 2.29. The van der Waals surface area contributed by atoms with Crippen molar-refractivity contribution >= 4 is 32.3 Å². The van der Waals surface area contributed by atoms with Crippen LogP contribution in [-0.4, -0.2) is 50.1 Å². The highest BCUT2D eigenvalue weighted by Gasteiger charge is 2.12. The summed E-state index contributed by atoms with van der Waals surface area (Å²) in [5, 5.41) is 9.20. The molecule has 0 aromatic carbocycles. The highest BCUT2D eigenvalue weighted by molar-refractivity contribution is 7.90. The van der Waals surface area contributed by atoms with Gasteiger partial charge in [-0.3, -0.25) is 0 Å². The Labute approximate surface area is 97.5 Å². The molecule has 1 aromatic heterocycles. The molecule has 1 aromatic rings. The summed E-state index contributed by atoms with van der Waals surface area (Å²) in [5.41, 5.74) is 0. The highest BCUT2D eigenvalue weighted by Crippen LogP contribution is 2.21. The maximum atomic E-state index is 10.9. The quantitative estimate of drug-likeness (QED) is 0.824. The van der Waals surface area contributed by atoms with E-state index in [0.717, 1.165) is 17.6 Å². The number of hydrogen-bond acceptors (Lipinski definition) is 6. The van der Waals surface area contributed by atoms with Gasteiger partial charge in [0.15, 0.2) is 5.13 Å².